The number of rotatable bonds is 4. The standard InChI is InChI=1S/C9H16O3/c1-2-9(4-3-5-9)7(10)6-8(11)12/h7,10H,2-6H2,1H3,(H,11,12). The molecule has 0 aromatic carbocycles. The zero-order chi connectivity index (χ0) is 9.19. The summed E-state index contributed by atoms with van der Waals surface area (Å²) in [6.07, 6.45) is 3.24. The van der Waals surface area contributed by atoms with Crippen molar-refractivity contribution < 1.29 is 15.0 Å². The molecular weight excluding hydrogens is 156 g/mol. The third-order valence-corrected chi connectivity index (χ3v) is 3.13. The minimum atomic E-state index is -0.901. The van der Waals surface area contributed by atoms with Gasteiger partial charge in [0.1, 0.15) is 0 Å². The highest BCUT2D eigenvalue weighted by Gasteiger charge is 2.42. The molecule has 12 heavy (non-hydrogen) atoms. The van der Waals surface area contributed by atoms with Crippen LogP contribution in [0, 0.1) is 5.41 Å². The van der Waals surface area contributed by atoms with Crippen LogP contribution in [-0.4, -0.2) is 22.3 Å². The molecule has 0 aliphatic heterocycles. The van der Waals surface area contributed by atoms with Gasteiger partial charge in [0.25, 0.3) is 0 Å². The van der Waals surface area contributed by atoms with Crippen LogP contribution in [0.15, 0.2) is 0 Å². The Morgan fingerprint density at radius 2 is 2.17 bits per heavy atom. The number of carboxylic acid groups (broad SMARTS) is 1. The van der Waals surface area contributed by atoms with Crippen molar-refractivity contribution >= 4 is 5.97 Å². The van der Waals surface area contributed by atoms with Crippen molar-refractivity contribution in [1.82, 2.24) is 0 Å². The molecule has 0 heterocycles. The van der Waals surface area contributed by atoms with Crippen molar-refractivity contribution in [1.29, 1.82) is 0 Å². The van der Waals surface area contributed by atoms with Gasteiger partial charge in [-0.1, -0.05) is 13.3 Å². The minimum Gasteiger partial charge on any atom is -0.481 e. The Morgan fingerprint density at radius 3 is 2.42 bits per heavy atom. The van der Waals surface area contributed by atoms with E-state index in [-0.39, 0.29) is 11.8 Å². The van der Waals surface area contributed by atoms with Crippen molar-refractivity contribution in [3.63, 3.8) is 0 Å². The summed E-state index contributed by atoms with van der Waals surface area (Å²) in [5, 5.41) is 18.1. The number of aliphatic carboxylic acids is 1. The van der Waals surface area contributed by atoms with Gasteiger partial charge in [0, 0.05) is 0 Å². The largest absolute Gasteiger partial charge is 0.481 e. The van der Waals surface area contributed by atoms with Gasteiger partial charge in [0.2, 0.25) is 0 Å². The number of hydrogen-bond donors (Lipinski definition) is 2. The molecule has 2 N–H and O–H groups in total. The maximum Gasteiger partial charge on any atom is 0.305 e. The molecule has 1 unspecified atom stereocenters. The molecule has 70 valence electrons. The van der Waals surface area contributed by atoms with Gasteiger partial charge in [-0.05, 0) is 24.7 Å². The first kappa shape index (κ1) is 9.52. The zero-order valence-corrected chi connectivity index (χ0v) is 7.42. The lowest BCUT2D eigenvalue weighted by Gasteiger charge is -2.44. The van der Waals surface area contributed by atoms with E-state index < -0.39 is 12.1 Å². The summed E-state index contributed by atoms with van der Waals surface area (Å²) < 4.78 is 0. The molecule has 3 nitrogen and oxygen atoms in total. The molecule has 1 aliphatic rings. The van der Waals surface area contributed by atoms with E-state index >= 15 is 0 Å². The van der Waals surface area contributed by atoms with E-state index in [0.29, 0.717) is 0 Å². The first-order valence-electron chi connectivity index (χ1n) is 4.50. The van der Waals surface area contributed by atoms with E-state index in [0.717, 1.165) is 25.7 Å². The van der Waals surface area contributed by atoms with Gasteiger partial charge in [-0.15, -0.1) is 0 Å². The van der Waals surface area contributed by atoms with Gasteiger partial charge in [-0.25, -0.2) is 0 Å². The number of aliphatic hydroxyl groups excluding tert-OH is 1. The summed E-state index contributed by atoms with van der Waals surface area (Å²) in [5.74, 6) is -0.901. The van der Waals surface area contributed by atoms with Crippen LogP contribution in [0.5, 0.6) is 0 Å². The van der Waals surface area contributed by atoms with Gasteiger partial charge in [0.05, 0.1) is 12.5 Å². The van der Waals surface area contributed by atoms with Crippen LogP contribution in [0.1, 0.15) is 39.0 Å². The first-order chi connectivity index (χ1) is 5.60. The summed E-state index contributed by atoms with van der Waals surface area (Å²) in [4.78, 5) is 10.4. The molecule has 0 amide bonds. The summed E-state index contributed by atoms with van der Waals surface area (Å²) in [6, 6.07) is 0. The van der Waals surface area contributed by atoms with Crippen molar-refractivity contribution in [3.05, 3.63) is 0 Å². The summed E-state index contributed by atoms with van der Waals surface area (Å²) in [5.41, 5.74) is -0.0710. The highest BCUT2D eigenvalue weighted by molar-refractivity contribution is 5.67. The van der Waals surface area contributed by atoms with Gasteiger partial charge in [-0.3, -0.25) is 4.79 Å². The van der Waals surface area contributed by atoms with Gasteiger partial charge >= 0.3 is 5.97 Å². The molecule has 0 saturated heterocycles. The Hall–Kier alpha value is -0.570. The topological polar surface area (TPSA) is 57.5 Å². The van der Waals surface area contributed by atoms with E-state index in [2.05, 4.69) is 0 Å². The van der Waals surface area contributed by atoms with Crippen LogP contribution < -0.4 is 0 Å². The number of aliphatic hydroxyl groups is 1. The van der Waals surface area contributed by atoms with Gasteiger partial charge < -0.3 is 10.2 Å². The summed E-state index contributed by atoms with van der Waals surface area (Å²) >= 11 is 0. The SMILES string of the molecule is CCC1(C(O)CC(=O)O)CCC1. The number of carboxylic acids is 1. The van der Waals surface area contributed by atoms with Gasteiger partial charge in [-0.2, -0.15) is 0 Å². The Bertz CT molecular complexity index is 167. The lowest BCUT2D eigenvalue weighted by atomic mass is 9.63. The summed E-state index contributed by atoms with van der Waals surface area (Å²) in [7, 11) is 0. The van der Waals surface area contributed by atoms with Crippen molar-refractivity contribution in [2.24, 2.45) is 5.41 Å². The van der Waals surface area contributed by atoms with E-state index in [1.54, 1.807) is 0 Å². The highest BCUT2D eigenvalue weighted by Crippen LogP contribution is 2.47. The average molecular weight is 172 g/mol. The predicted molar refractivity (Wildman–Crippen MR) is 44.8 cm³/mol. The molecule has 1 atom stereocenters. The molecule has 0 spiro atoms. The fourth-order valence-electron chi connectivity index (χ4n) is 1.94. The Kier molecular flexibility index (Phi) is 2.73. The molecule has 1 saturated carbocycles. The lowest BCUT2D eigenvalue weighted by Crippen LogP contribution is -2.41. The van der Waals surface area contributed by atoms with Crippen molar-refractivity contribution in [2.75, 3.05) is 0 Å². The molecular formula is C9H16O3. The van der Waals surface area contributed by atoms with E-state index in [4.69, 9.17) is 5.11 Å². The van der Waals surface area contributed by atoms with Crippen molar-refractivity contribution in [3.8, 4) is 0 Å². The molecule has 0 aromatic heterocycles. The normalized spacial score (nSPS) is 22.8. The molecule has 1 rings (SSSR count). The van der Waals surface area contributed by atoms with Crippen LogP contribution >= 0.6 is 0 Å². The van der Waals surface area contributed by atoms with E-state index in [9.17, 15) is 9.90 Å². The fraction of sp³-hybridized carbons (Fsp3) is 0.889. The van der Waals surface area contributed by atoms with Crippen LogP contribution in [0.25, 0.3) is 0 Å². The summed E-state index contributed by atoms with van der Waals surface area (Å²) in [6.45, 7) is 2.02. The average Bonchev–Trinajstić information content (AvgIpc) is 1.83. The Labute approximate surface area is 72.4 Å². The third-order valence-electron chi connectivity index (χ3n) is 3.13. The maximum absolute atomic E-state index is 10.4. The number of hydrogen-bond acceptors (Lipinski definition) is 2. The molecule has 1 fully saturated rings. The second kappa shape index (κ2) is 3.44. The van der Waals surface area contributed by atoms with Crippen LogP contribution in [-0.2, 0) is 4.79 Å². The fourth-order valence-corrected chi connectivity index (χ4v) is 1.94. The second-order valence-electron chi connectivity index (χ2n) is 3.68. The van der Waals surface area contributed by atoms with Crippen molar-refractivity contribution in [2.45, 2.75) is 45.1 Å². The lowest BCUT2D eigenvalue weighted by molar-refractivity contribution is -0.143. The van der Waals surface area contributed by atoms with Crippen LogP contribution in [0.2, 0.25) is 0 Å². The molecule has 0 aromatic rings. The predicted octanol–water partition coefficient (Wildman–Crippen LogP) is 1.40. The molecule has 3 heteroatoms. The minimum absolute atomic E-state index is 0.0710. The smallest absolute Gasteiger partial charge is 0.305 e. The zero-order valence-electron chi connectivity index (χ0n) is 7.42. The first-order valence-corrected chi connectivity index (χ1v) is 4.50. The third kappa shape index (κ3) is 1.61. The molecule has 1 aliphatic carbocycles. The monoisotopic (exact) mass is 172 g/mol. The highest BCUT2D eigenvalue weighted by atomic mass is 16.4. The van der Waals surface area contributed by atoms with Crippen LogP contribution in [0.4, 0.5) is 0 Å². The quantitative estimate of drug-likeness (QED) is 0.674. The van der Waals surface area contributed by atoms with Gasteiger partial charge in [0.15, 0.2) is 0 Å². The van der Waals surface area contributed by atoms with E-state index in [1.165, 1.54) is 0 Å². The Morgan fingerprint density at radius 1 is 1.58 bits per heavy atom. The van der Waals surface area contributed by atoms with Crippen LogP contribution in [0.3, 0.4) is 0 Å². The maximum atomic E-state index is 10.4. The molecule has 0 bridgehead atoms. The van der Waals surface area contributed by atoms with E-state index in [1.807, 2.05) is 6.92 Å². The Balaban J connectivity index is 2.48. The number of carbonyl (C=O) groups is 1. The molecule has 0 radical (unpaired) electrons. The second-order valence-corrected chi connectivity index (χ2v) is 3.68.